The van der Waals surface area contributed by atoms with Gasteiger partial charge in [-0.2, -0.15) is 0 Å². The quantitative estimate of drug-likeness (QED) is 0.738. The average Bonchev–Trinajstić information content (AvgIpc) is 3.06. The highest BCUT2D eigenvalue weighted by molar-refractivity contribution is 5.86. The van der Waals surface area contributed by atoms with Gasteiger partial charge in [0, 0.05) is 18.5 Å². The second kappa shape index (κ2) is 6.48. The minimum absolute atomic E-state index is 0.139. The van der Waals surface area contributed by atoms with Gasteiger partial charge in [-0.05, 0) is 36.5 Å². The maximum atomic E-state index is 12.6. The third-order valence-corrected chi connectivity index (χ3v) is 4.89. The Bertz CT molecular complexity index is 833. The maximum absolute atomic E-state index is 12.6. The number of piperidine rings is 1. The highest BCUT2D eigenvalue weighted by Crippen LogP contribution is 2.28. The summed E-state index contributed by atoms with van der Waals surface area (Å²) >= 11 is 0. The summed E-state index contributed by atoms with van der Waals surface area (Å²) in [6.07, 6.45) is 2.36. The zero-order valence-corrected chi connectivity index (χ0v) is 13.5. The monoisotopic (exact) mass is 320 g/mol. The Kier molecular flexibility index (Phi) is 4.03. The molecule has 1 aliphatic rings. The molecule has 0 radical (unpaired) electrons. The molecular formula is C20H20N2O2. The summed E-state index contributed by atoms with van der Waals surface area (Å²) in [6, 6.07) is 18.3. The van der Waals surface area contributed by atoms with Gasteiger partial charge in [0.05, 0.1) is 6.42 Å². The Labute approximate surface area is 141 Å². The molecule has 0 aliphatic carbocycles. The van der Waals surface area contributed by atoms with Gasteiger partial charge in [0.2, 0.25) is 5.91 Å². The van der Waals surface area contributed by atoms with E-state index < -0.39 is 0 Å². The number of aromatic nitrogens is 1. The van der Waals surface area contributed by atoms with Gasteiger partial charge in [-0.15, -0.1) is 0 Å². The number of benzene rings is 2. The van der Waals surface area contributed by atoms with Crippen molar-refractivity contribution in [3.05, 3.63) is 65.9 Å². The molecule has 4 heteroatoms. The van der Waals surface area contributed by atoms with Gasteiger partial charge in [0.15, 0.2) is 5.58 Å². The third kappa shape index (κ3) is 2.92. The molecule has 0 saturated carbocycles. The number of likely N-dealkylation sites (tertiary alicyclic amines) is 1. The van der Waals surface area contributed by atoms with Crippen molar-refractivity contribution in [2.75, 3.05) is 13.1 Å². The Morgan fingerprint density at radius 3 is 2.54 bits per heavy atom. The van der Waals surface area contributed by atoms with E-state index in [-0.39, 0.29) is 5.91 Å². The van der Waals surface area contributed by atoms with Gasteiger partial charge in [-0.25, -0.2) is 0 Å². The van der Waals surface area contributed by atoms with E-state index in [0.29, 0.717) is 12.3 Å². The van der Waals surface area contributed by atoms with Crippen LogP contribution in [0.5, 0.6) is 0 Å². The summed E-state index contributed by atoms with van der Waals surface area (Å²) in [6.45, 7) is 1.63. The number of para-hydroxylation sites is 1. The molecule has 2 heterocycles. The van der Waals surface area contributed by atoms with Gasteiger partial charge in [0.1, 0.15) is 5.69 Å². The minimum atomic E-state index is 0.139. The highest BCUT2D eigenvalue weighted by Gasteiger charge is 2.24. The number of carbonyl (C=O) groups is 1. The lowest BCUT2D eigenvalue weighted by Gasteiger charge is -2.32. The molecule has 122 valence electrons. The fourth-order valence-electron chi connectivity index (χ4n) is 3.51. The number of nitrogens with zero attached hydrogens (tertiary/aromatic N) is 2. The maximum Gasteiger partial charge on any atom is 0.228 e. The third-order valence-electron chi connectivity index (χ3n) is 4.89. The molecule has 1 saturated heterocycles. The van der Waals surface area contributed by atoms with Crippen LogP contribution in [0.2, 0.25) is 0 Å². The lowest BCUT2D eigenvalue weighted by atomic mass is 9.89. The van der Waals surface area contributed by atoms with Crippen LogP contribution in [-0.4, -0.2) is 29.1 Å². The van der Waals surface area contributed by atoms with Crippen molar-refractivity contribution in [2.45, 2.75) is 25.2 Å². The van der Waals surface area contributed by atoms with Crippen LogP contribution >= 0.6 is 0 Å². The van der Waals surface area contributed by atoms with Crippen LogP contribution in [0.1, 0.15) is 30.0 Å². The SMILES string of the molecule is O=C(Cc1noc2ccccc12)N1CCC(c2ccccc2)CC1. The molecule has 0 N–H and O–H groups in total. The molecule has 0 unspecified atom stereocenters. The van der Waals surface area contributed by atoms with Crippen LogP contribution in [0.4, 0.5) is 0 Å². The molecule has 1 amide bonds. The molecule has 1 fully saturated rings. The van der Waals surface area contributed by atoms with Crippen LogP contribution in [0.15, 0.2) is 59.1 Å². The highest BCUT2D eigenvalue weighted by atomic mass is 16.5. The fraction of sp³-hybridized carbons (Fsp3) is 0.300. The van der Waals surface area contributed by atoms with Gasteiger partial charge >= 0.3 is 0 Å². The van der Waals surface area contributed by atoms with Crippen LogP contribution in [-0.2, 0) is 11.2 Å². The summed E-state index contributed by atoms with van der Waals surface area (Å²) in [7, 11) is 0. The van der Waals surface area contributed by atoms with E-state index in [1.165, 1.54) is 5.56 Å². The first-order valence-corrected chi connectivity index (χ1v) is 8.47. The van der Waals surface area contributed by atoms with Gasteiger partial charge in [-0.3, -0.25) is 4.79 Å². The second-order valence-electron chi connectivity index (χ2n) is 6.37. The van der Waals surface area contributed by atoms with Crippen molar-refractivity contribution in [1.29, 1.82) is 0 Å². The van der Waals surface area contributed by atoms with Gasteiger partial charge in [0.25, 0.3) is 0 Å². The first kappa shape index (κ1) is 14.9. The zero-order valence-electron chi connectivity index (χ0n) is 13.5. The van der Waals surface area contributed by atoms with Crippen LogP contribution in [0.3, 0.4) is 0 Å². The summed E-state index contributed by atoms with van der Waals surface area (Å²) < 4.78 is 5.29. The normalized spacial score (nSPS) is 15.8. The lowest BCUT2D eigenvalue weighted by molar-refractivity contribution is -0.131. The first-order valence-electron chi connectivity index (χ1n) is 8.47. The molecule has 1 aliphatic heterocycles. The molecule has 24 heavy (non-hydrogen) atoms. The summed E-state index contributed by atoms with van der Waals surface area (Å²) in [4.78, 5) is 14.6. The number of carbonyl (C=O) groups excluding carboxylic acids is 1. The average molecular weight is 320 g/mol. The molecule has 3 aromatic rings. The standard InChI is InChI=1S/C20H20N2O2/c23-20(14-18-17-8-4-5-9-19(17)24-21-18)22-12-10-16(11-13-22)15-6-2-1-3-7-15/h1-9,16H,10-14H2. The second-order valence-corrected chi connectivity index (χ2v) is 6.37. The van der Waals surface area contributed by atoms with Crippen LogP contribution in [0, 0.1) is 0 Å². The van der Waals surface area contributed by atoms with Crippen LogP contribution in [0.25, 0.3) is 11.0 Å². The van der Waals surface area contributed by atoms with Crippen molar-refractivity contribution < 1.29 is 9.32 Å². The van der Waals surface area contributed by atoms with E-state index in [1.807, 2.05) is 35.2 Å². The molecule has 4 rings (SSSR count). The summed E-state index contributed by atoms with van der Waals surface area (Å²) in [5, 5.41) is 5.01. The number of amides is 1. The zero-order chi connectivity index (χ0) is 16.4. The van der Waals surface area contributed by atoms with Crippen molar-refractivity contribution >= 4 is 16.9 Å². The Balaban J connectivity index is 1.40. The first-order chi connectivity index (χ1) is 11.8. The minimum Gasteiger partial charge on any atom is -0.356 e. The molecule has 0 bridgehead atoms. The van der Waals surface area contributed by atoms with Crippen molar-refractivity contribution in [2.24, 2.45) is 0 Å². The number of hydrogen-bond donors (Lipinski definition) is 0. The van der Waals surface area contributed by atoms with Gasteiger partial charge in [-0.1, -0.05) is 47.6 Å². The molecule has 2 aromatic carbocycles. The largest absolute Gasteiger partial charge is 0.356 e. The molecular weight excluding hydrogens is 300 g/mol. The number of rotatable bonds is 3. The summed E-state index contributed by atoms with van der Waals surface area (Å²) in [5.41, 5.74) is 2.86. The molecule has 0 spiro atoms. The van der Waals surface area contributed by atoms with E-state index in [9.17, 15) is 4.79 Å². The lowest BCUT2D eigenvalue weighted by Crippen LogP contribution is -2.38. The smallest absolute Gasteiger partial charge is 0.228 e. The Morgan fingerprint density at radius 1 is 1.04 bits per heavy atom. The van der Waals surface area contributed by atoms with E-state index in [1.54, 1.807) is 0 Å². The topological polar surface area (TPSA) is 46.3 Å². The Hall–Kier alpha value is -2.62. The van der Waals surface area contributed by atoms with Crippen LogP contribution < -0.4 is 0 Å². The van der Waals surface area contributed by atoms with E-state index in [4.69, 9.17) is 4.52 Å². The van der Waals surface area contributed by atoms with Crippen molar-refractivity contribution in [3.63, 3.8) is 0 Å². The molecule has 4 nitrogen and oxygen atoms in total. The van der Waals surface area contributed by atoms with Crippen molar-refractivity contribution in [1.82, 2.24) is 10.1 Å². The van der Waals surface area contributed by atoms with E-state index in [2.05, 4.69) is 29.4 Å². The molecule has 0 atom stereocenters. The van der Waals surface area contributed by atoms with E-state index >= 15 is 0 Å². The Morgan fingerprint density at radius 2 is 1.75 bits per heavy atom. The number of fused-ring (bicyclic) bond motifs is 1. The molecule has 1 aromatic heterocycles. The predicted molar refractivity (Wildman–Crippen MR) is 92.7 cm³/mol. The number of hydrogen-bond acceptors (Lipinski definition) is 3. The fourth-order valence-corrected chi connectivity index (χ4v) is 3.51. The van der Waals surface area contributed by atoms with Gasteiger partial charge < -0.3 is 9.42 Å². The van der Waals surface area contributed by atoms with E-state index in [0.717, 1.165) is 42.6 Å². The van der Waals surface area contributed by atoms with Crippen molar-refractivity contribution in [3.8, 4) is 0 Å². The predicted octanol–water partition coefficient (Wildman–Crippen LogP) is 3.78. The summed E-state index contributed by atoms with van der Waals surface area (Å²) in [5.74, 6) is 0.698.